The van der Waals surface area contributed by atoms with Crippen molar-refractivity contribution in [1.29, 1.82) is 0 Å². The fourth-order valence-electron chi connectivity index (χ4n) is 2.58. The van der Waals surface area contributed by atoms with Crippen LogP contribution in [0.5, 0.6) is 5.75 Å². The van der Waals surface area contributed by atoms with E-state index in [1.165, 1.54) is 6.92 Å². The standard InChI is InChI=1S/C19H14N4O3/c1-12(24)13-6-8-14(9-7-13)21-22-19-17(16-5-3-11-26-16)20-18-15(25)4-2-10-23(18)19/h2-11,25H,1H3. The van der Waals surface area contributed by atoms with Crippen LogP contribution in [0.1, 0.15) is 17.3 Å². The number of azo groups is 1. The van der Waals surface area contributed by atoms with Crippen molar-refractivity contribution in [3.05, 3.63) is 66.6 Å². The molecule has 0 amide bonds. The summed E-state index contributed by atoms with van der Waals surface area (Å²) in [6, 6.07) is 13.6. The van der Waals surface area contributed by atoms with Crippen LogP contribution in [0, 0.1) is 0 Å². The van der Waals surface area contributed by atoms with E-state index in [9.17, 15) is 9.90 Å². The van der Waals surface area contributed by atoms with Crippen molar-refractivity contribution in [2.75, 3.05) is 0 Å². The third-order valence-corrected chi connectivity index (χ3v) is 3.89. The second-order valence-corrected chi connectivity index (χ2v) is 5.65. The Labute approximate surface area is 148 Å². The van der Waals surface area contributed by atoms with Gasteiger partial charge in [-0.3, -0.25) is 9.20 Å². The molecule has 0 spiro atoms. The van der Waals surface area contributed by atoms with Crippen molar-refractivity contribution < 1.29 is 14.3 Å². The summed E-state index contributed by atoms with van der Waals surface area (Å²) < 4.78 is 7.07. The van der Waals surface area contributed by atoms with Crippen LogP contribution in [0.15, 0.2) is 75.6 Å². The van der Waals surface area contributed by atoms with Gasteiger partial charge in [0, 0.05) is 11.8 Å². The molecule has 0 saturated carbocycles. The monoisotopic (exact) mass is 346 g/mol. The first kappa shape index (κ1) is 15.8. The number of ketones is 1. The molecule has 4 aromatic rings. The highest BCUT2D eigenvalue weighted by Gasteiger charge is 2.18. The van der Waals surface area contributed by atoms with Crippen molar-refractivity contribution in [3.63, 3.8) is 0 Å². The topological polar surface area (TPSA) is 92.5 Å². The third-order valence-electron chi connectivity index (χ3n) is 3.89. The number of fused-ring (bicyclic) bond motifs is 1. The summed E-state index contributed by atoms with van der Waals surface area (Å²) in [5.74, 6) is 0.980. The van der Waals surface area contributed by atoms with Crippen LogP contribution in [0.2, 0.25) is 0 Å². The van der Waals surface area contributed by atoms with Gasteiger partial charge in [0.2, 0.25) is 0 Å². The molecule has 0 saturated heterocycles. The Hall–Kier alpha value is -3.74. The quantitative estimate of drug-likeness (QED) is 0.419. The van der Waals surface area contributed by atoms with Crippen LogP contribution in [-0.2, 0) is 0 Å². The molecule has 0 unspecified atom stereocenters. The lowest BCUT2D eigenvalue weighted by molar-refractivity contribution is 0.101. The number of hydrogen-bond donors (Lipinski definition) is 1. The van der Waals surface area contributed by atoms with E-state index in [1.807, 2.05) is 0 Å². The smallest absolute Gasteiger partial charge is 0.190 e. The Morgan fingerprint density at radius 3 is 2.62 bits per heavy atom. The Kier molecular flexibility index (Phi) is 3.81. The van der Waals surface area contributed by atoms with Crippen LogP contribution in [0.3, 0.4) is 0 Å². The predicted octanol–water partition coefficient (Wildman–Crippen LogP) is 4.92. The highest BCUT2D eigenvalue weighted by atomic mass is 16.3. The van der Waals surface area contributed by atoms with E-state index < -0.39 is 0 Å². The van der Waals surface area contributed by atoms with Gasteiger partial charge in [-0.2, -0.15) is 0 Å². The minimum Gasteiger partial charge on any atom is -0.504 e. The maximum absolute atomic E-state index is 11.4. The predicted molar refractivity (Wildman–Crippen MR) is 95.2 cm³/mol. The SMILES string of the molecule is CC(=O)c1ccc(N=Nc2c(-c3ccco3)nc3c(O)cccn23)cc1. The number of nitrogens with zero attached hydrogens (tertiary/aromatic N) is 4. The molecule has 4 rings (SSSR count). The zero-order valence-corrected chi connectivity index (χ0v) is 13.8. The number of imidazole rings is 1. The Bertz CT molecular complexity index is 1110. The van der Waals surface area contributed by atoms with Gasteiger partial charge in [-0.15, -0.1) is 10.2 Å². The molecule has 7 nitrogen and oxygen atoms in total. The fourth-order valence-corrected chi connectivity index (χ4v) is 2.58. The summed E-state index contributed by atoms with van der Waals surface area (Å²) in [7, 11) is 0. The van der Waals surface area contributed by atoms with Crippen molar-refractivity contribution in [2.45, 2.75) is 6.92 Å². The number of aromatic hydroxyl groups is 1. The summed E-state index contributed by atoms with van der Waals surface area (Å²) in [4.78, 5) is 15.8. The normalized spacial score (nSPS) is 11.4. The lowest BCUT2D eigenvalue weighted by Crippen LogP contribution is -1.89. The molecule has 0 fully saturated rings. The summed E-state index contributed by atoms with van der Waals surface area (Å²) in [5.41, 5.74) is 2.04. The molecule has 128 valence electrons. The number of furan rings is 1. The van der Waals surface area contributed by atoms with Crippen LogP contribution in [-0.4, -0.2) is 20.3 Å². The number of pyridine rings is 1. The van der Waals surface area contributed by atoms with Crippen molar-refractivity contribution in [2.24, 2.45) is 10.2 Å². The highest BCUT2D eigenvalue weighted by molar-refractivity contribution is 5.94. The summed E-state index contributed by atoms with van der Waals surface area (Å²) >= 11 is 0. The van der Waals surface area contributed by atoms with E-state index >= 15 is 0 Å². The Morgan fingerprint density at radius 1 is 1.12 bits per heavy atom. The average Bonchev–Trinajstić information content (AvgIpc) is 3.28. The maximum atomic E-state index is 11.4. The van der Waals surface area contributed by atoms with Gasteiger partial charge >= 0.3 is 0 Å². The molecule has 3 aromatic heterocycles. The molecule has 7 heteroatoms. The van der Waals surface area contributed by atoms with Gasteiger partial charge in [0.15, 0.2) is 34.5 Å². The first-order chi connectivity index (χ1) is 12.6. The summed E-state index contributed by atoms with van der Waals surface area (Å²) in [5, 5.41) is 18.6. The number of benzene rings is 1. The summed E-state index contributed by atoms with van der Waals surface area (Å²) in [6.07, 6.45) is 3.28. The molecule has 0 atom stereocenters. The van der Waals surface area contributed by atoms with Crippen LogP contribution < -0.4 is 0 Å². The van der Waals surface area contributed by atoms with E-state index in [-0.39, 0.29) is 11.5 Å². The van der Waals surface area contributed by atoms with E-state index in [0.717, 1.165) is 0 Å². The van der Waals surface area contributed by atoms with Crippen molar-refractivity contribution in [3.8, 4) is 17.2 Å². The van der Waals surface area contributed by atoms with Gasteiger partial charge in [-0.05, 0) is 55.5 Å². The Balaban J connectivity index is 1.81. The van der Waals surface area contributed by atoms with Gasteiger partial charge < -0.3 is 9.52 Å². The molecule has 1 N–H and O–H groups in total. The van der Waals surface area contributed by atoms with Gasteiger partial charge in [0.1, 0.15) is 0 Å². The van der Waals surface area contributed by atoms with Crippen molar-refractivity contribution >= 4 is 22.9 Å². The second-order valence-electron chi connectivity index (χ2n) is 5.65. The molecule has 0 aliphatic rings. The minimum absolute atomic E-state index is 0.00847. The van der Waals surface area contributed by atoms with E-state index in [1.54, 1.807) is 65.4 Å². The highest BCUT2D eigenvalue weighted by Crippen LogP contribution is 2.34. The largest absolute Gasteiger partial charge is 0.504 e. The van der Waals surface area contributed by atoms with Crippen molar-refractivity contribution in [1.82, 2.24) is 9.38 Å². The van der Waals surface area contributed by atoms with E-state index in [0.29, 0.717) is 34.2 Å². The van der Waals surface area contributed by atoms with E-state index in [2.05, 4.69) is 15.2 Å². The lowest BCUT2D eigenvalue weighted by atomic mass is 10.1. The first-order valence-electron chi connectivity index (χ1n) is 7.90. The fraction of sp³-hybridized carbons (Fsp3) is 0.0526. The zero-order chi connectivity index (χ0) is 18.1. The molecule has 0 aliphatic heterocycles. The Morgan fingerprint density at radius 2 is 1.92 bits per heavy atom. The number of hydrogen-bond acceptors (Lipinski definition) is 6. The molecule has 26 heavy (non-hydrogen) atoms. The molecular weight excluding hydrogens is 332 g/mol. The molecule has 3 heterocycles. The lowest BCUT2D eigenvalue weighted by Gasteiger charge is -1.99. The number of carbonyl (C=O) groups excluding carboxylic acids is 1. The third kappa shape index (κ3) is 2.75. The van der Waals surface area contributed by atoms with Gasteiger partial charge in [-0.25, -0.2) is 4.98 Å². The van der Waals surface area contributed by atoms with Crippen LogP contribution >= 0.6 is 0 Å². The van der Waals surface area contributed by atoms with Crippen LogP contribution in [0.25, 0.3) is 17.1 Å². The maximum Gasteiger partial charge on any atom is 0.190 e. The summed E-state index contributed by atoms with van der Waals surface area (Å²) in [6.45, 7) is 1.51. The number of aromatic nitrogens is 2. The van der Waals surface area contributed by atoms with Gasteiger partial charge in [0.25, 0.3) is 0 Å². The molecular formula is C19H14N4O3. The average molecular weight is 346 g/mol. The number of carbonyl (C=O) groups is 1. The molecule has 1 aromatic carbocycles. The molecule has 0 aliphatic carbocycles. The van der Waals surface area contributed by atoms with Crippen LogP contribution in [0.4, 0.5) is 11.5 Å². The minimum atomic E-state index is -0.00847. The number of rotatable bonds is 4. The second kappa shape index (κ2) is 6.29. The number of Topliss-reactive ketones (excluding diaryl/α,β-unsaturated/α-hetero) is 1. The van der Waals surface area contributed by atoms with E-state index in [4.69, 9.17) is 4.42 Å². The molecule has 0 radical (unpaired) electrons. The first-order valence-corrected chi connectivity index (χ1v) is 7.90. The zero-order valence-electron chi connectivity index (χ0n) is 13.8. The van der Waals surface area contributed by atoms with Gasteiger partial charge in [0.05, 0.1) is 12.0 Å². The molecule has 0 bridgehead atoms. The van der Waals surface area contributed by atoms with Gasteiger partial charge in [-0.1, -0.05) is 0 Å².